The number of rotatable bonds is 7. The number of halogens is 2. The summed E-state index contributed by atoms with van der Waals surface area (Å²) < 4.78 is 16.6. The number of pyridine rings is 1. The van der Waals surface area contributed by atoms with Gasteiger partial charge in [-0.25, -0.2) is 19.3 Å². The molecular formula is C28H24BrFN6O4. The third kappa shape index (κ3) is 5.53. The Balaban J connectivity index is 1.40. The van der Waals surface area contributed by atoms with Crippen molar-refractivity contribution in [2.24, 2.45) is 0 Å². The molecule has 1 aliphatic rings. The molecular weight excluding hydrogens is 583 g/mol. The highest BCUT2D eigenvalue weighted by molar-refractivity contribution is 9.10. The molecule has 0 bridgehead atoms. The third-order valence-electron chi connectivity index (χ3n) is 6.71. The molecule has 12 heteroatoms. The second-order valence-electron chi connectivity index (χ2n) is 9.54. The molecule has 10 nitrogen and oxygen atoms in total. The zero-order valence-corrected chi connectivity index (χ0v) is 23.2. The molecule has 0 radical (unpaired) electrons. The first-order valence-corrected chi connectivity index (χ1v) is 13.2. The van der Waals surface area contributed by atoms with Crippen LogP contribution in [-0.4, -0.2) is 66.6 Å². The Morgan fingerprint density at radius 1 is 1.05 bits per heavy atom. The van der Waals surface area contributed by atoms with E-state index in [9.17, 15) is 23.6 Å². The molecule has 4 aromatic rings. The molecule has 3 aromatic heterocycles. The molecule has 4 heterocycles. The van der Waals surface area contributed by atoms with Crippen LogP contribution in [0.15, 0.2) is 59.6 Å². The number of alkyl halides is 1. The quantitative estimate of drug-likeness (QED) is 0.246. The van der Waals surface area contributed by atoms with Gasteiger partial charge in [0.15, 0.2) is 17.4 Å². The van der Waals surface area contributed by atoms with Crippen molar-refractivity contribution in [3.05, 3.63) is 71.0 Å². The molecule has 0 spiro atoms. The molecule has 5 rings (SSSR count). The SMILES string of the molecule is CC(=O)c1ncc(-c2ccc3c(c2)c(C(C)=O)cn3CC(=O)N2C[C@H](F)C[C@H]2C(=O)Nc2cccc(Br)n2)cn1. The Morgan fingerprint density at radius 2 is 1.80 bits per heavy atom. The van der Waals surface area contributed by atoms with Crippen LogP contribution in [0.25, 0.3) is 22.0 Å². The molecule has 1 fully saturated rings. The largest absolute Gasteiger partial charge is 0.337 e. The number of aromatic nitrogens is 4. The Labute approximate surface area is 236 Å². The van der Waals surface area contributed by atoms with E-state index >= 15 is 0 Å². The van der Waals surface area contributed by atoms with Gasteiger partial charge < -0.3 is 14.8 Å². The maximum absolute atomic E-state index is 14.4. The zero-order valence-electron chi connectivity index (χ0n) is 21.6. The van der Waals surface area contributed by atoms with E-state index < -0.39 is 24.0 Å². The number of hydrogen-bond acceptors (Lipinski definition) is 7. The van der Waals surface area contributed by atoms with Gasteiger partial charge in [0.1, 0.15) is 29.2 Å². The van der Waals surface area contributed by atoms with E-state index in [4.69, 9.17) is 0 Å². The van der Waals surface area contributed by atoms with E-state index in [1.165, 1.54) is 31.1 Å². The topological polar surface area (TPSA) is 127 Å². The van der Waals surface area contributed by atoms with E-state index in [-0.39, 0.29) is 42.7 Å². The van der Waals surface area contributed by atoms with E-state index in [1.54, 1.807) is 47.2 Å². The zero-order chi connectivity index (χ0) is 28.6. The fourth-order valence-electron chi connectivity index (χ4n) is 4.78. The lowest BCUT2D eigenvalue weighted by Crippen LogP contribution is -2.44. The highest BCUT2D eigenvalue weighted by atomic mass is 79.9. The number of fused-ring (bicyclic) bond motifs is 1. The van der Waals surface area contributed by atoms with Crippen LogP contribution < -0.4 is 5.32 Å². The van der Waals surface area contributed by atoms with Crippen molar-refractivity contribution in [3.63, 3.8) is 0 Å². The number of anilines is 1. The average molecular weight is 607 g/mol. The van der Waals surface area contributed by atoms with Crippen molar-refractivity contribution < 1.29 is 23.6 Å². The summed E-state index contributed by atoms with van der Waals surface area (Å²) in [7, 11) is 0. The van der Waals surface area contributed by atoms with Crippen LogP contribution in [0, 0.1) is 0 Å². The summed E-state index contributed by atoms with van der Waals surface area (Å²) >= 11 is 3.24. The molecule has 2 atom stereocenters. The van der Waals surface area contributed by atoms with Crippen molar-refractivity contribution in [1.82, 2.24) is 24.4 Å². The predicted molar refractivity (Wildman–Crippen MR) is 149 cm³/mol. The van der Waals surface area contributed by atoms with Gasteiger partial charge in [0.2, 0.25) is 11.8 Å². The highest BCUT2D eigenvalue weighted by Crippen LogP contribution is 2.29. The number of nitrogens with zero attached hydrogens (tertiary/aromatic N) is 5. The van der Waals surface area contributed by atoms with Crippen LogP contribution in [0.1, 0.15) is 41.2 Å². The summed E-state index contributed by atoms with van der Waals surface area (Å²) in [6, 6.07) is 9.38. The number of carbonyl (C=O) groups is 4. The second-order valence-corrected chi connectivity index (χ2v) is 10.4. The van der Waals surface area contributed by atoms with Crippen molar-refractivity contribution in [1.29, 1.82) is 0 Å². The Hall–Kier alpha value is -4.32. The number of benzene rings is 1. The van der Waals surface area contributed by atoms with Gasteiger partial charge in [-0.2, -0.15) is 0 Å². The van der Waals surface area contributed by atoms with Gasteiger partial charge >= 0.3 is 0 Å². The van der Waals surface area contributed by atoms with Crippen LogP contribution in [0.3, 0.4) is 0 Å². The van der Waals surface area contributed by atoms with Crippen molar-refractivity contribution in [2.75, 3.05) is 11.9 Å². The minimum absolute atomic E-state index is 0.108. The van der Waals surface area contributed by atoms with Crippen LogP contribution in [0.4, 0.5) is 10.2 Å². The van der Waals surface area contributed by atoms with E-state index in [2.05, 4.69) is 36.2 Å². The smallest absolute Gasteiger partial charge is 0.248 e. The lowest BCUT2D eigenvalue weighted by molar-refractivity contribution is -0.137. The minimum Gasteiger partial charge on any atom is -0.337 e. The molecule has 1 aliphatic heterocycles. The monoisotopic (exact) mass is 606 g/mol. The van der Waals surface area contributed by atoms with Gasteiger partial charge in [0, 0.05) is 54.0 Å². The first kappa shape index (κ1) is 27.3. The maximum atomic E-state index is 14.4. The number of Topliss-reactive ketones (excluding diaryl/α,β-unsaturated/α-hetero) is 2. The molecule has 0 saturated carbocycles. The number of ketones is 2. The summed E-state index contributed by atoms with van der Waals surface area (Å²) in [6.07, 6.45) is 3.20. The summed E-state index contributed by atoms with van der Waals surface area (Å²) in [4.78, 5) is 63.9. The molecule has 1 N–H and O–H groups in total. The van der Waals surface area contributed by atoms with Gasteiger partial charge in [-0.15, -0.1) is 0 Å². The Morgan fingerprint density at radius 3 is 2.48 bits per heavy atom. The van der Waals surface area contributed by atoms with Crippen LogP contribution >= 0.6 is 15.9 Å². The van der Waals surface area contributed by atoms with E-state index in [0.29, 0.717) is 26.6 Å². The molecule has 40 heavy (non-hydrogen) atoms. The number of amides is 2. The molecule has 1 saturated heterocycles. The first-order valence-electron chi connectivity index (χ1n) is 12.4. The number of carbonyl (C=O) groups excluding carboxylic acids is 4. The number of nitrogens with one attached hydrogen (secondary N) is 1. The van der Waals surface area contributed by atoms with Crippen molar-refractivity contribution in [3.8, 4) is 11.1 Å². The normalized spacial score (nSPS) is 16.8. The van der Waals surface area contributed by atoms with Crippen LogP contribution in [-0.2, 0) is 16.1 Å². The van der Waals surface area contributed by atoms with Crippen molar-refractivity contribution >= 4 is 56.0 Å². The van der Waals surface area contributed by atoms with Gasteiger partial charge in [-0.1, -0.05) is 12.1 Å². The van der Waals surface area contributed by atoms with Gasteiger partial charge in [-0.05, 0) is 52.7 Å². The number of likely N-dealkylation sites (tertiary alicyclic amines) is 1. The fourth-order valence-corrected chi connectivity index (χ4v) is 5.12. The van der Waals surface area contributed by atoms with Gasteiger partial charge in [0.05, 0.1) is 6.54 Å². The standard InChI is InChI=1S/C28H24BrFN6O4/c1-15(37)21-13-35(22-7-6-17(8-20(21)22)18-10-31-27(16(2)38)32-11-18)14-26(39)36-12-19(30)9-23(36)28(40)34-25-5-3-4-24(29)33-25/h3-8,10-11,13,19,23H,9,12,14H2,1-2H3,(H,33,34,40)/t19-,23+/m1/s1. The lowest BCUT2D eigenvalue weighted by Gasteiger charge is -2.24. The van der Waals surface area contributed by atoms with Crippen LogP contribution in [0.2, 0.25) is 0 Å². The average Bonchev–Trinajstić information content (AvgIpc) is 3.49. The summed E-state index contributed by atoms with van der Waals surface area (Å²) in [6.45, 7) is 2.42. The lowest BCUT2D eigenvalue weighted by atomic mass is 10.0. The third-order valence-corrected chi connectivity index (χ3v) is 7.15. The van der Waals surface area contributed by atoms with Crippen LogP contribution in [0.5, 0.6) is 0 Å². The molecule has 1 aromatic carbocycles. The summed E-state index contributed by atoms with van der Waals surface area (Å²) in [5.41, 5.74) is 2.42. The summed E-state index contributed by atoms with van der Waals surface area (Å²) in [5.74, 6) is -1.02. The minimum atomic E-state index is -1.34. The first-order chi connectivity index (χ1) is 19.1. The van der Waals surface area contributed by atoms with Gasteiger partial charge in [0.25, 0.3) is 0 Å². The summed E-state index contributed by atoms with van der Waals surface area (Å²) in [5, 5.41) is 3.27. The number of hydrogen-bond donors (Lipinski definition) is 1. The second kappa shape index (κ2) is 11.0. The fraction of sp³-hybridized carbons (Fsp3) is 0.250. The Kier molecular flexibility index (Phi) is 7.53. The van der Waals surface area contributed by atoms with E-state index in [0.717, 1.165) is 5.56 Å². The highest BCUT2D eigenvalue weighted by Gasteiger charge is 2.40. The molecule has 0 aliphatic carbocycles. The maximum Gasteiger partial charge on any atom is 0.248 e. The van der Waals surface area contributed by atoms with E-state index in [1.807, 2.05) is 0 Å². The molecule has 0 unspecified atom stereocenters. The Bertz CT molecular complexity index is 1650. The molecule has 204 valence electrons. The van der Waals surface area contributed by atoms with Gasteiger partial charge in [-0.3, -0.25) is 19.2 Å². The predicted octanol–water partition coefficient (Wildman–Crippen LogP) is 4.24. The molecule has 2 amide bonds. The van der Waals surface area contributed by atoms with Crippen molar-refractivity contribution in [2.45, 2.75) is 39.0 Å².